The molecular formula is C15H23N2O+. The Balaban J connectivity index is 2.41. The average Bonchev–Trinajstić information content (AvgIpc) is 2.29. The third-order valence-corrected chi connectivity index (χ3v) is 2.66. The van der Waals surface area contributed by atoms with Crippen LogP contribution in [0.25, 0.3) is 0 Å². The molecule has 0 radical (unpaired) electrons. The molecule has 0 spiro atoms. The number of rotatable bonds is 5. The van der Waals surface area contributed by atoms with Gasteiger partial charge in [0.2, 0.25) is 0 Å². The summed E-state index contributed by atoms with van der Waals surface area (Å²) >= 11 is 0. The third-order valence-electron chi connectivity index (χ3n) is 2.66. The fourth-order valence-corrected chi connectivity index (χ4v) is 1.57. The summed E-state index contributed by atoms with van der Waals surface area (Å²) in [5, 5.41) is 2.91. The van der Waals surface area contributed by atoms with E-state index in [1.807, 2.05) is 38.2 Å². The molecule has 1 aromatic rings. The first kappa shape index (κ1) is 14.5. The molecule has 3 heteroatoms. The molecule has 0 aliphatic rings. The van der Waals surface area contributed by atoms with Crippen molar-refractivity contribution < 1.29 is 9.69 Å². The summed E-state index contributed by atoms with van der Waals surface area (Å²) in [5.41, 5.74) is 3.34. The van der Waals surface area contributed by atoms with Crippen molar-refractivity contribution in [1.82, 2.24) is 0 Å². The van der Waals surface area contributed by atoms with E-state index >= 15 is 0 Å². The summed E-state index contributed by atoms with van der Waals surface area (Å²) in [6, 6.07) is 7.85. The Bertz CT molecular complexity index is 417. The van der Waals surface area contributed by atoms with Gasteiger partial charge in [0, 0.05) is 5.69 Å². The summed E-state index contributed by atoms with van der Waals surface area (Å²) in [6.07, 6.45) is 2.15. The van der Waals surface area contributed by atoms with Crippen molar-refractivity contribution in [1.29, 1.82) is 0 Å². The van der Waals surface area contributed by atoms with E-state index in [-0.39, 0.29) is 5.91 Å². The minimum absolute atomic E-state index is 0.0542. The van der Waals surface area contributed by atoms with Crippen LogP contribution in [0, 0.1) is 6.92 Å². The van der Waals surface area contributed by atoms with E-state index < -0.39 is 0 Å². The molecule has 3 nitrogen and oxygen atoms in total. The lowest BCUT2D eigenvalue weighted by atomic mass is 10.2. The second-order valence-corrected chi connectivity index (χ2v) is 5.03. The third kappa shape index (κ3) is 5.64. The molecule has 1 atom stereocenters. The van der Waals surface area contributed by atoms with E-state index in [9.17, 15) is 4.79 Å². The molecule has 2 N–H and O–H groups in total. The zero-order valence-electron chi connectivity index (χ0n) is 11.7. The van der Waals surface area contributed by atoms with Gasteiger partial charge >= 0.3 is 0 Å². The normalized spacial score (nSPS) is 11.8. The van der Waals surface area contributed by atoms with Crippen LogP contribution in [0.1, 0.15) is 19.4 Å². The summed E-state index contributed by atoms with van der Waals surface area (Å²) in [7, 11) is 2.02. The number of amides is 1. The highest BCUT2D eigenvalue weighted by atomic mass is 16.2. The van der Waals surface area contributed by atoms with Crippen LogP contribution in [0.4, 0.5) is 5.69 Å². The summed E-state index contributed by atoms with van der Waals surface area (Å²) < 4.78 is 0. The highest BCUT2D eigenvalue weighted by Crippen LogP contribution is 2.07. The first-order valence-corrected chi connectivity index (χ1v) is 6.28. The van der Waals surface area contributed by atoms with Gasteiger partial charge in [0.1, 0.15) is 0 Å². The van der Waals surface area contributed by atoms with Crippen molar-refractivity contribution in [2.75, 3.05) is 25.5 Å². The lowest BCUT2D eigenvalue weighted by Gasteiger charge is -2.12. The van der Waals surface area contributed by atoms with Crippen LogP contribution in [-0.4, -0.2) is 26.0 Å². The van der Waals surface area contributed by atoms with Crippen molar-refractivity contribution in [3.8, 4) is 0 Å². The maximum Gasteiger partial charge on any atom is 0.279 e. The average molecular weight is 247 g/mol. The Morgan fingerprint density at radius 2 is 1.89 bits per heavy atom. The van der Waals surface area contributed by atoms with Gasteiger partial charge in [0.25, 0.3) is 5.91 Å². The van der Waals surface area contributed by atoms with Gasteiger partial charge in [-0.2, -0.15) is 0 Å². The lowest BCUT2D eigenvalue weighted by Crippen LogP contribution is -3.09. The molecule has 1 amide bonds. The van der Waals surface area contributed by atoms with Gasteiger partial charge in [0.05, 0.1) is 13.6 Å². The predicted molar refractivity (Wildman–Crippen MR) is 75.9 cm³/mol. The Hall–Kier alpha value is -1.61. The zero-order valence-corrected chi connectivity index (χ0v) is 11.7. The SMILES string of the molecule is CC(C)=CC[NH+](C)CC(=O)Nc1ccc(C)cc1. The molecule has 18 heavy (non-hydrogen) atoms. The van der Waals surface area contributed by atoms with E-state index in [1.165, 1.54) is 16.0 Å². The van der Waals surface area contributed by atoms with Gasteiger partial charge in [-0.3, -0.25) is 4.79 Å². The van der Waals surface area contributed by atoms with Crippen molar-refractivity contribution >= 4 is 11.6 Å². The topological polar surface area (TPSA) is 33.5 Å². The van der Waals surface area contributed by atoms with Crippen LogP contribution in [-0.2, 0) is 4.79 Å². The highest BCUT2D eigenvalue weighted by molar-refractivity contribution is 5.91. The van der Waals surface area contributed by atoms with Gasteiger partial charge in [-0.15, -0.1) is 0 Å². The first-order chi connectivity index (χ1) is 8.47. The molecule has 0 saturated carbocycles. The number of quaternary nitrogens is 1. The maximum absolute atomic E-state index is 11.8. The predicted octanol–water partition coefficient (Wildman–Crippen LogP) is 1.41. The first-order valence-electron chi connectivity index (χ1n) is 6.28. The number of allylic oxidation sites excluding steroid dienone is 1. The number of likely N-dealkylation sites (N-methyl/N-ethyl adjacent to an activating group) is 1. The number of carbonyl (C=O) groups excluding carboxylic acids is 1. The van der Waals surface area contributed by atoms with Crippen LogP contribution in [0.15, 0.2) is 35.9 Å². The highest BCUT2D eigenvalue weighted by Gasteiger charge is 2.08. The quantitative estimate of drug-likeness (QED) is 0.758. The Morgan fingerprint density at radius 3 is 2.44 bits per heavy atom. The van der Waals surface area contributed by atoms with Gasteiger partial charge in [-0.05, 0) is 39.0 Å². The van der Waals surface area contributed by atoms with E-state index in [1.54, 1.807) is 0 Å². The molecule has 0 aromatic heterocycles. The smallest absolute Gasteiger partial charge is 0.279 e. The van der Waals surface area contributed by atoms with Crippen LogP contribution in [0.3, 0.4) is 0 Å². The van der Waals surface area contributed by atoms with E-state index in [4.69, 9.17) is 0 Å². The van der Waals surface area contributed by atoms with Crippen molar-refractivity contribution in [3.05, 3.63) is 41.5 Å². The number of anilines is 1. The maximum atomic E-state index is 11.8. The number of aryl methyl sites for hydroxylation is 1. The van der Waals surface area contributed by atoms with Crippen LogP contribution in [0.2, 0.25) is 0 Å². The van der Waals surface area contributed by atoms with Gasteiger partial charge in [-0.1, -0.05) is 23.3 Å². The van der Waals surface area contributed by atoms with Crippen LogP contribution < -0.4 is 10.2 Å². The van der Waals surface area contributed by atoms with E-state index in [0.717, 1.165) is 12.2 Å². The van der Waals surface area contributed by atoms with Crippen LogP contribution >= 0.6 is 0 Å². The molecule has 0 heterocycles. The number of hydrogen-bond acceptors (Lipinski definition) is 1. The number of nitrogens with one attached hydrogen (secondary N) is 2. The van der Waals surface area contributed by atoms with Crippen molar-refractivity contribution in [3.63, 3.8) is 0 Å². The number of hydrogen-bond donors (Lipinski definition) is 2. The van der Waals surface area contributed by atoms with E-state index in [0.29, 0.717) is 6.54 Å². The molecule has 0 aliphatic carbocycles. The van der Waals surface area contributed by atoms with Crippen LogP contribution in [0.5, 0.6) is 0 Å². The Labute approximate surface area is 109 Å². The molecule has 0 bridgehead atoms. The van der Waals surface area contributed by atoms with Gasteiger partial charge in [0.15, 0.2) is 6.54 Å². The minimum Gasteiger partial charge on any atom is -0.326 e. The second-order valence-electron chi connectivity index (χ2n) is 5.03. The van der Waals surface area contributed by atoms with Gasteiger partial charge < -0.3 is 10.2 Å². The minimum atomic E-state index is 0.0542. The Morgan fingerprint density at radius 1 is 1.28 bits per heavy atom. The number of carbonyl (C=O) groups is 1. The largest absolute Gasteiger partial charge is 0.326 e. The molecule has 98 valence electrons. The zero-order chi connectivity index (χ0) is 13.5. The lowest BCUT2D eigenvalue weighted by molar-refractivity contribution is -0.864. The molecule has 0 aliphatic heterocycles. The standard InChI is InChI=1S/C15H22N2O/c1-12(2)9-10-17(4)11-15(18)16-14-7-5-13(3)6-8-14/h5-9H,10-11H2,1-4H3,(H,16,18)/p+1. The summed E-state index contributed by atoms with van der Waals surface area (Å²) in [5.74, 6) is 0.0542. The molecule has 1 rings (SSSR count). The molecule has 1 unspecified atom stereocenters. The summed E-state index contributed by atoms with van der Waals surface area (Å²) in [6.45, 7) is 7.53. The van der Waals surface area contributed by atoms with E-state index in [2.05, 4.69) is 25.2 Å². The van der Waals surface area contributed by atoms with Crippen molar-refractivity contribution in [2.24, 2.45) is 0 Å². The fourth-order valence-electron chi connectivity index (χ4n) is 1.57. The molecule has 0 fully saturated rings. The molecular weight excluding hydrogens is 224 g/mol. The van der Waals surface area contributed by atoms with Crippen molar-refractivity contribution in [2.45, 2.75) is 20.8 Å². The van der Waals surface area contributed by atoms with Gasteiger partial charge in [-0.25, -0.2) is 0 Å². The summed E-state index contributed by atoms with van der Waals surface area (Å²) in [4.78, 5) is 13.0. The molecule has 0 saturated heterocycles. The number of benzene rings is 1. The monoisotopic (exact) mass is 247 g/mol. The second kappa shape index (κ2) is 6.97. The fraction of sp³-hybridized carbons (Fsp3) is 0.400. The Kier molecular flexibility index (Phi) is 5.59. The molecule has 1 aromatic carbocycles.